The van der Waals surface area contributed by atoms with E-state index in [2.05, 4.69) is 5.32 Å². The predicted octanol–water partition coefficient (Wildman–Crippen LogP) is 5.44. The summed E-state index contributed by atoms with van der Waals surface area (Å²) in [6.07, 6.45) is 0. The molecule has 0 aliphatic carbocycles. The minimum Gasteiger partial charge on any atom is -0.352 e. The normalized spacial score (nSPS) is 12.2. The van der Waals surface area contributed by atoms with E-state index in [-0.39, 0.29) is 23.4 Å². The van der Waals surface area contributed by atoms with Gasteiger partial charge in [0, 0.05) is 22.6 Å². The fraction of sp³-hybridized carbons (Fsp3) is 0.286. The van der Waals surface area contributed by atoms with Crippen LogP contribution in [0.15, 0.2) is 77.7 Å². The molecule has 0 aliphatic heterocycles. The Labute approximate surface area is 234 Å². The summed E-state index contributed by atoms with van der Waals surface area (Å²) in [6, 6.07) is 18.6. The highest BCUT2D eigenvalue weighted by Crippen LogP contribution is 2.26. The SMILES string of the molecule is Cc1ccc(N(CC(=O)N(Cc2ccc(Cl)cc2Cl)[C@@H](C)C(=O)NC(C)C)S(=O)(=O)c2ccccc2)cc1. The van der Waals surface area contributed by atoms with Gasteiger partial charge in [-0.05, 0) is 69.7 Å². The molecule has 2 amide bonds. The molecule has 0 saturated heterocycles. The molecule has 1 atom stereocenters. The third-order valence-electron chi connectivity index (χ3n) is 5.89. The van der Waals surface area contributed by atoms with Crippen molar-refractivity contribution >= 4 is 50.7 Å². The standard InChI is InChI=1S/C28H31Cl2N3O4S/c1-19(2)31-28(35)21(4)32(17-22-12-13-23(29)16-26(22)30)27(34)18-33(24-14-10-20(3)11-15-24)38(36,37)25-8-6-5-7-9-25/h5-16,19,21H,17-18H2,1-4H3,(H,31,35)/t21-/m0/s1. The van der Waals surface area contributed by atoms with Crippen molar-refractivity contribution in [3.63, 3.8) is 0 Å². The molecule has 7 nitrogen and oxygen atoms in total. The molecule has 10 heteroatoms. The Morgan fingerprint density at radius 2 is 1.55 bits per heavy atom. The Hall–Kier alpha value is -3.07. The Kier molecular flexibility index (Phi) is 9.82. The molecule has 0 spiro atoms. The summed E-state index contributed by atoms with van der Waals surface area (Å²) in [5.74, 6) is -0.936. The molecule has 3 rings (SSSR count). The zero-order valence-corrected chi connectivity index (χ0v) is 24.0. The van der Waals surface area contributed by atoms with Crippen LogP contribution in [-0.4, -0.2) is 43.8 Å². The van der Waals surface area contributed by atoms with Crippen molar-refractivity contribution in [3.05, 3.63) is 94.0 Å². The highest BCUT2D eigenvalue weighted by Gasteiger charge is 2.32. The van der Waals surface area contributed by atoms with Crippen molar-refractivity contribution in [2.75, 3.05) is 10.8 Å². The molecular formula is C28H31Cl2N3O4S. The second-order valence-electron chi connectivity index (χ2n) is 9.26. The van der Waals surface area contributed by atoms with E-state index in [1.807, 2.05) is 20.8 Å². The van der Waals surface area contributed by atoms with Gasteiger partial charge in [0.05, 0.1) is 10.6 Å². The van der Waals surface area contributed by atoms with Crippen LogP contribution in [0.25, 0.3) is 0 Å². The summed E-state index contributed by atoms with van der Waals surface area (Å²) >= 11 is 12.4. The largest absolute Gasteiger partial charge is 0.352 e. The minimum absolute atomic E-state index is 0.0192. The van der Waals surface area contributed by atoms with Crippen LogP contribution in [0.4, 0.5) is 5.69 Å². The Balaban J connectivity index is 2.03. The van der Waals surface area contributed by atoms with Gasteiger partial charge < -0.3 is 10.2 Å². The van der Waals surface area contributed by atoms with E-state index in [4.69, 9.17) is 23.2 Å². The molecule has 202 valence electrons. The second-order valence-corrected chi connectivity index (χ2v) is 12.0. The summed E-state index contributed by atoms with van der Waals surface area (Å²) < 4.78 is 28.5. The van der Waals surface area contributed by atoms with E-state index in [9.17, 15) is 18.0 Å². The number of anilines is 1. The second kappa shape index (κ2) is 12.7. The molecule has 3 aromatic carbocycles. The van der Waals surface area contributed by atoms with Crippen LogP contribution in [0.1, 0.15) is 31.9 Å². The zero-order chi connectivity index (χ0) is 28.0. The molecule has 0 fully saturated rings. The summed E-state index contributed by atoms with van der Waals surface area (Å²) in [5.41, 5.74) is 1.84. The number of carbonyl (C=O) groups excluding carboxylic acids is 2. The fourth-order valence-corrected chi connectivity index (χ4v) is 5.68. The molecule has 1 N–H and O–H groups in total. The maximum absolute atomic E-state index is 13.9. The number of nitrogens with one attached hydrogen (secondary N) is 1. The number of hydrogen-bond acceptors (Lipinski definition) is 4. The van der Waals surface area contributed by atoms with Gasteiger partial charge in [-0.2, -0.15) is 0 Å². The van der Waals surface area contributed by atoms with Crippen molar-refractivity contribution < 1.29 is 18.0 Å². The lowest BCUT2D eigenvalue weighted by Crippen LogP contribution is -2.52. The van der Waals surface area contributed by atoms with Gasteiger partial charge in [-0.25, -0.2) is 8.42 Å². The van der Waals surface area contributed by atoms with E-state index in [1.54, 1.807) is 67.6 Å². The maximum atomic E-state index is 13.9. The molecule has 0 aliphatic rings. The first-order chi connectivity index (χ1) is 17.9. The Bertz CT molecular complexity index is 1380. The lowest BCUT2D eigenvalue weighted by atomic mass is 10.1. The van der Waals surface area contributed by atoms with E-state index in [1.165, 1.54) is 17.0 Å². The van der Waals surface area contributed by atoms with Crippen LogP contribution >= 0.6 is 23.2 Å². The van der Waals surface area contributed by atoms with E-state index in [0.717, 1.165) is 9.87 Å². The van der Waals surface area contributed by atoms with Gasteiger partial charge in [-0.15, -0.1) is 0 Å². The summed E-state index contributed by atoms with van der Waals surface area (Å²) in [4.78, 5) is 28.2. The minimum atomic E-state index is -4.11. The average Bonchev–Trinajstić information content (AvgIpc) is 2.87. The smallest absolute Gasteiger partial charge is 0.264 e. The first-order valence-corrected chi connectivity index (χ1v) is 14.3. The summed E-state index contributed by atoms with van der Waals surface area (Å²) in [7, 11) is -4.11. The lowest BCUT2D eigenvalue weighted by molar-refractivity contribution is -0.139. The third-order valence-corrected chi connectivity index (χ3v) is 8.26. The molecule has 0 aromatic heterocycles. The van der Waals surface area contributed by atoms with Gasteiger partial charge in [0.1, 0.15) is 12.6 Å². The van der Waals surface area contributed by atoms with Crippen LogP contribution in [0.2, 0.25) is 10.0 Å². The van der Waals surface area contributed by atoms with Crippen LogP contribution in [0.5, 0.6) is 0 Å². The van der Waals surface area contributed by atoms with Gasteiger partial charge in [0.2, 0.25) is 11.8 Å². The van der Waals surface area contributed by atoms with E-state index in [0.29, 0.717) is 21.3 Å². The molecule has 0 heterocycles. The van der Waals surface area contributed by atoms with Crippen molar-refractivity contribution in [2.45, 2.75) is 51.2 Å². The molecular weight excluding hydrogens is 545 g/mol. The molecule has 3 aromatic rings. The zero-order valence-electron chi connectivity index (χ0n) is 21.7. The number of rotatable bonds is 10. The quantitative estimate of drug-likeness (QED) is 0.348. The van der Waals surface area contributed by atoms with Crippen LogP contribution in [0.3, 0.4) is 0 Å². The van der Waals surface area contributed by atoms with Gasteiger partial charge in [0.25, 0.3) is 10.0 Å². The van der Waals surface area contributed by atoms with Crippen molar-refractivity contribution in [1.82, 2.24) is 10.2 Å². The third kappa shape index (κ3) is 7.28. The van der Waals surface area contributed by atoms with Gasteiger partial charge in [-0.1, -0.05) is 65.2 Å². The number of carbonyl (C=O) groups is 2. The molecule has 0 unspecified atom stereocenters. The number of halogens is 2. The molecule has 0 saturated carbocycles. The van der Waals surface area contributed by atoms with Gasteiger partial charge in [-0.3, -0.25) is 13.9 Å². The number of nitrogens with zero attached hydrogens (tertiary/aromatic N) is 2. The van der Waals surface area contributed by atoms with Gasteiger partial charge >= 0.3 is 0 Å². The van der Waals surface area contributed by atoms with E-state index >= 15 is 0 Å². The lowest BCUT2D eigenvalue weighted by Gasteiger charge is -2.32. The van der Waals surface area contributed by atoms with Crippen molar-refractivity contribution in [3.8, 4) is 0 Å². The predicted molar refractivity (Wildman–Crippen MR) is 152 cm³/mol. The summed E-state index contributed by atoms with van der Waals surface area (Å²) in [6.45, 7) is 6.58. The number of hydrogen-bond donors (Lipinski definition) is 1. The fourth-order valence-electron chi connectivity index (χ4n) is 3.78. The topological polar surface area (TPSA) is 86.8 Å². The van der Waals surface area contributed by atoms with Crippen LogP contribution < -0.4 is 9.62 Å². The van der Waals surface area contributed by atoms with Crippen LogP contribution in [-0.2, 0) is 26.2 Å². The maximum Gasteiger partial charge on any atom is 0.264 e. The molecule has 38 heavy (non-hydrogen) atoms. The van der Waals surface area contributed by atoms with Crippen LogP contribution in [0, 0.1) is 6.92 Å². The summed E-state index contributed by atoms with van der Waals surface area (Å²) in [5, 5.41) is 3.58. The Morgan fingerprint density at radius 1 is 0.921 bits per heavy atom. The monoisotopic (exact) mass is 575 g/mol. The molecule has 0 bridgehead atoms. The average molecular weight is 577 g/mol. The number of benzene rings is 3. The highest BCUT2D eigenvalue weighted by atomic mass is 35.5. The first kappa shape index (κ1) is 29.5. The first-order valence-electron chi connectivity index (χ1n) is 12.1. The number of aryl methyl sites for hydroxylation is 1. The van der Waals surface area contributed by atoms with Crippen molar-refractivity contribution in [2.24, 2.45) is 0 Å². The van der Waals surface area contributed by atoms with E-state index < -0.39 is 28.5 Å². The van der Waals surface area contributed by atoms with Gasteiger partial charge in [0.15, 0.2) is 0 Å². The molecule has 0 radical (unpaired) electrons. The Morgan fingerprint density at radius 3 is 2.13 bits per heavy atom. The van der Waals surface area contributed by atoms with Crippen molar-refractivity contribution in [1.29, 1.82) is 0 Å². The number of sulfonamides is 1. The number of amides is 2. The highest BCUT2D eigenvalue weighted by molar-refractivity contribution is 7.92.